The molecule has 5 rings (SSSR count). The summed E-state index contributed by atoms with van der Waals surface area (Å²) in [5.41, 5.74) is 4.62. The van der Waals surface area contributed by atoms with Crippen molar-refractivity contribution in [1.82, 2.24) is 9.97 Å². The Hall–Kier alpha value is -4.50. The number of aromatic nitrogens is 2. The highest BCUT2D eigenvalue weighted by atomic mass is 16.5. The van der Waals surface area contributed by atoms with Crippen molar-refractivity contribution in [2.24, 2.45) is 0 Å². The Balaban J connectivity index is 1.43. The first-order valence-electron chi connectivity index (χ1n) is 10.1. The number of fused-ring (bicyclic) bond motifs is 1. The third-order valence-electron chi connectivity index (χ3n) is 5.30. The summed E-state index contributed by atoms with van der Waals surface area (Å²) in [4.78, 5) is 21.0. The topological polar surface area (TPSA) is 85.1 Å². The fourth-order valence-electron chi connectivity index (χ4n) is 3.74. The second kappa shape index (κ2) is 8.32. The van der Waals surface area contributed by atoms with Crippen LogP contribution in [0, 0.1) is 11.3 Å². The molecule has 1 aliphatic heterocycles. The fourth-order valence-corrected chi connectivity index (χ4v) is 3.74. The van der Waals surface area contributed by atoms with Crippen molar-refractivity contribution in [3.05, 3.63) is 102 Å². The average Bonchev–Trinajstić information content (AvgIpc) is 3.24. The van der Waals surface area contributed by atoms with E-state index in [0.717, 1.165) is 16.6 Å². The fraction of sp³-hybridized carbons (Fsp3) is 0.0769. The number of para-hydroxylation sites is 1. The third kappa shape index (κ3) is 3.68. The molecule has 2 aromatic heterocycles. The van der Waals surface area contributed by atoms with Crippen molar-refractivity contribution in [3.63, 3.8) is 0 Å². The van der Waals surface area contributed by atoms with Crippen LogP contribution in [-0.4, -0.2) is 22.5 Å². The second-order valence-electron chi connectivity index (χ2n) is 7.27. The molecule has 0 atom stereocenters. The zero-order chi connectivity index (χ0) is 21.9. The molecule has 0 aliphatic carbocycles. The summed E-state index contributed by atoms with van der Waals surface area (Å²) >= 11 is 0. The normalized spacial score (nSPS) is 13.2. The van der Waals surface area contributed by atoms with Crippen LogP contribution in [0.15, 0.2) is 79.1 Å². The first-order chi connectivity index (χ1) is 15.7. The largest absolute Gasteiger partial charge is 0.487 e. The molecule has 0 fully saturated rings. The summed E-state index contributed by atoms with van der Waals surface area (Å²) in [5.74, 6) is 0.148. The number of carbonyl (C=O) groups excluding carboxylic acids is 1. The van der Waals surface area contributed by atoms with Crippen molar-refractivity contribution >= 4 is 28.0 Å². The Morgan fingerprint density at radius 1 is 1.03 bits per heavy atom. The van der Waals surface area contributed by atoms with Gasteiger partial charge >= 0.3 is 5.97 Å². The number of hydrogen-bond donors (Lipinski definition) is 0. The molecule has 2 aromatic carbocycles. The standard InChI is InChI=1S/C26H17N3O3/c27-14-19-13-21(31-15-20-6-5-17-3-1-2-4-24(17)29-20)7-8-22(19)23-16-32-26(30)25(23)18-9-11-28-12-10-18/h1-13H,15-16H2. The summed E-state index contributed by atoms with van der Waals surface area (Å²) in [7, 11) is 0. The van der Waals surface area contributed by atoms with Crippen molar-refractivity contribution in [3.8, 4) is 11.8 Å². The number of nitrogens with zero attached hydrogens (tertiary/aromatic N) is 3. The zero-order valence-corrected chi connectivity index (χ0v) is 17.0. The quantitative estimate of drug-likeness (QED) is 0.441. The number of esters is 1. The number of pyridine rings is 2. The molecule has 4 aromatic rings. The minimum atomic E-state index is -0.405. The van der Waals surface area contributed by atoms with Gasteiger partial charge in [-0.2, -0.15) is 5.26 Å². The molecule has 0 unspecified atom stereocenters. The van der Waals surface area contributed by atoms with Gasteiger partial charge in [0.25, 0.3) is 0 Å². The predicted octanol–water partition coefficient (Wildman–Crippen LogP) is 4.55. The smallest absolute Gasteiger partial charge is 0.339 e. The predicted molar refractivity (Wildman–Crippen MR) is 119 cm³/mol. The maximum Gasteiger partial charge on any atom is 0.339 e. The zero-order valence-electron chi connectivity index (χ0n) is 17.0. The molecule has 154 valence electrons. The summed E-state index contributed by atoms with van der Waals surface area (Å²) in [6.45, 7) is 0.397. The van der Waals surface area contributed by atoms with Crippen LogP contribution in [0.4, 0.5) is 0 Å². The maximum atomic E-state index is 12.4. The molecule has 6 heteroatoms. The molecule has 0 spiro atoms. The van der Waals surface area contributed by atoms with Crippen LogP contribution in [0.2, 0.25) is 0 Å². The summed E-state index contributed by atoms with van der Waals surface area (Å²) in [6.07, 6.45) is 3.24. The lowest BCUT2D eigenvalue weighted by molar-refractivity contribution is -0.133. The van der Waals surface area contributed by atoms with Gasteiger partial charge in [0.05, 0.1) is 28.4 Å². The number of benzene rings is 2. The van der Waals surface area contributed by atoms with Gasteiger partial charge in [-0.15, -0.1) is 0 Å². The van der Waals surface area contributed by atoms with Crippen molar-refractivity contribution in [2.45, 2.75) is 6.61 Å². The van der Waals surface area contributed by atoms with E-state index < -0.39 is 5.97 Å². The first-order valence-corrected chi connectivity index (χ1v) is 10.1. The summed E-state index contributed by atoms with van der Waals surface area (Å²) < 4.78 is 11.2. The Bertz CT molecular complexity index is 1410. The highest BCUT2D eigenvalue weighted by Crippen LogP contribution is 2.35. The average molecular weight is 419 g/mol. The molecule has 1 aliphatic rings. The van der Waals surface area contributed by atoms with Gasteiger partial charge in [0, 0.05) is 23.4 Å². The van der Waals surface area contributed by atoms with Crippen molar-refractivity contribution < 1.29 is 14.3 Å². The Kier molecular flexibility index (Phi) is 5.06. The van der Waals surface area contributed by atoms with Gasteiger partial charge in [0.15, 0.2) is 0 Å². The molecule has 0 amide bonds. The minimum absolute atomic E-state index is 0.117. The number of carbonyl (C=O) groups is 1. The van der Waals surface area contributed by atoms with Crippen LogP contribution in [0.25, 0.3) is 22.0 Å². The van der Waals surface area contributed by atoms with Crippen LogP contribution in [-0.2, 0) is 16.1 Å². The number of nitriles is 1. The molecule has 0 bridgehead atoms. The van der Waals surface area contributed by atoms with E-state index in [0.29, 0.717) is 33.6 Å². The molecular weight excluding hydrogens is 402 g/mol. The van der Waals surface area contributed by atoms with E-state index in [-0.39, 0.29) is 13.2 Å². The highest BCUT2D eigenvalue weighted by Gasteiger charge is 2.28. The van der Waals surface area contributed by atoms with Crippen LogP contribution < -0.4 is 4.74 Å². The molecule has 0 saturated carbocycles. The molecule has 0 radical (unpaired) electrons. The van der Waals surface area contributed by atoms with Crippen LogP contribution >= 0.6 is 0 Å². The van der Waals surface area contributed by atoms with Gasteiger partial charge in [0.1, 0.15) is 19.0 Å². The number of hydrogen-bond acceptors (Lipinski definition) is 6. The lowest BCUT2D eigenvalue weighted by Crippen LogP contribution is -2.00. The summed E-state index contributed by atoms with van der Waals surface area (Å²) in [6, 6.07) is 22.8. The van der Waals surface area contributed by atoms with Crippen LogP contribution in [0.1, 0.15) is 22.4 Å². The monoisotopic (exact) mass is 419 g/mol. The van der Waals surface area contributed by atoms with Crippen molar-refractivity contribution in [2.75, 3.05) is 6.61 Å². The van der Waals surface area contributed by atoms with E-state index in [2.05, 4.69) is 16.0 Å². The SMILES string of the molecule is N#Cc1cc(OCc2ccc3ccccc3n2)ccc1C1=C(c2ccncc2)C(=O)OC1. The minimum Gasteiger partial charge on any atom is -0.487 e. The lowest BCUT2D eigenvalue weighted by Gasteiger charge is -2.10. The molecule has 0 saturated heterocycles. The van der Waals surface area contributed by atoms with Gasteiger partial charge in [-0.05, 0) is 53.6 Å². The van der Waals surface area contributed by atoms with E-state index in [9.17, 15) is 10.1 Å². The third-order valence-corrected chi connectivity index (χ3v) is 5.30. The van der Waals surface area contributed by atoms with Gasteiger partial charge in [-0.3, -0.25) is 4.98 Å². The van der Waals surface area contributed by atoms with E-state index in [1.807, 2.05) is 36.4 Å². The van der Waals surface area contributed by atoms with Crippen LogP contribution in [0.3, 0.4) is 0 Å². The molecular formula is C26H17N3O3. The Labute approximate surface area is 184 Å². The molecule has 32 heavy (non-hydrogen) atoms. The van der Waals surface area contributed by atoms with Gasteiger partial charge in [0.2, 0.25) is 0 Å². The maximum absolute atomic E-state index is 12.4. The molecule has 3 heterocycles. The van der Waals surface area contributed by atoms with Gasteiger partial charge in [-0.25, -0.2) is 9.78 Å². The molecule has 0 N–H and O–H groups in total. The van der Waals surface area contributed by atoms with Gasteiger partial charge in [-0.1, -0.05) is 24.3 Å². The molecule has 6 nitrogen and oxygen atoms in total. The highest BCUT2D eigenvalue weighted by molar-refractivity contribution is 6.27. The lowest BCUT2D eigenvalue weighted by atomic mass is 9.94. The van der Waals surface area contributed by atoms with E-state index in [1.54, 1.807) is 42.7 Å². The number of cyclic esters (lactones) is 1. The second-order valence-corrected chi connectivity index (χ2v) is 7.27. The van der Waals surface area contributed by atoms with E-state index in [1.165, 1.54) is 0 Å². The van der Waals surface area contributed by atoms with E-state index in [4.69, 9.17) is 9.47 Å². The number of ether oxygens (including phenoxy) is 2. The van der Waals surface area contributed by atoms with Crippen molar-refractivity contribution in [1.29, 1.82) is 5.26 Å². The Morgan fingerprint density at radius 3 is 2.72 bits per heavy atom. The van der Waals surface area contributed by atoms with E-state index >= 15 is 0 Å². The summed E-state index contributed by atoms with van der Waals surface area (Å²) in [5, 5.41) is 10.8. The first kappa shape index (κ1) is 19.5. The van der Waals surface area contributed by atoms with Gasteiger partial charge < -0.3 is 9.47 Å². The Morgan fingerprint density at radius 2 is 1.88 bits per heavy atom. The number of rotatable bonds is 5. The van der Waals surface area contributed by atoms with Crippen LogP contribution in [0.5, 0.6) is 5.75 Å².